The van der Waals surface area contributed by atoms with Crippen LogP contribution < -0.4 is 11.2 Å². The predicted octanol–water partition coefficient (Wildman–Crippen LogP) is 2.13. The number of halogens is 1. The first kappa shape index (κ1) is 18.9. The van der Waals surface area contributed by atoms with Crippen molar-refractivity contribution in [2.45, 2.75) is 50.3 Å². The number of hydrogen-bond donors (Lipinski definition) is 3. The summed E-state index contributed by atoms with van der Waals surface area (Å²) in [4.78, 5) is 21.3. The lowest BCUT2D eigenvalue weighted by molar-refractivity contribution is 0.0346. The molecule has 2 aromatic rings. The highest BCUT2D eigenvalue weighted by Crippen LogP contribution is 2.52. The molecule has 1 aromatic heterocycles. The zero-order valence-corrected chi connectivity index (χ0v) is 16.6. The third-order valence-corrected chi connectivity index (χ3v) is 5.99. The Kier molecular flexibility index (Phi) is 4.04. The molecule has 30 heavy (non-hydrogen) atoms. The van der Waals surface area contributed by atoms with E-state index in [1.54, 1.807) is 18.3 Å². The van der Waals surface area contributed by atoms with Gasteiger partial charge in [-0.2, -0.15) is 5.48 Å². The molecule has 4 N–H and O–H groups in total. The number of carbonyl (C=O) groups is 1. The topological polar surface area (TPSA) is 102 Å². The van der Waals surface area contributed by atoms with E-state index in [1.165, 1.54) is 13.0 Å². The molecule has 1 amide bonds. The number of amides is 1. The molecule has 1 aromatic carbocycles. The monoisotopic (exact) mass is 408 g/mol. The van der Waals surface area contributed by atoms with Crippen LogP contribution in [0.25, 0.3) is 11.4 Å². The van der Waals surface area contributed by atoms with Crippen molar-refractivity contribution in [2.75, 3.05) is 0 Å². The number of nitrogens with zero attached hydrogens (tertiary/aromatic N) is 2. The molecule has 8 heteroatoms. The van der Waals surface area contributed by atoms with Gasteiger partial charge in [-0.3, -0.25) is 4.79 Å². The number of hydrogen-bond acceptors (Lipinski definition) is 5. The summed E-state index contributed by atoms with van der Waals surface area (Å²) in [6.45, 7) is 3.36. The molecule has 0 saturated heterocycles. The van der Waals surface area contributed by atoms with Crippen molar-refractivity contribution >= 4 is 5.91 Å². The molecule has 0 spiro atoms. The minimum atomic E-state index is -1.57. The number of aromatic nitrogens is 2. The normalized spacial score (nSPS) is 25.3. The Morgan fingerprint density at radius 1 is 1.47 bits per heavy atom. The molecule has 1 unspecified atom stereocenters. The van der Waals surface area contributed by atoms with Gasteiger partial charge in [0.25, 0.3) is 5.91 Å². The number of imidazole rings is 1. The maximum atomic E-state index is 14.9. The van der Waals surface area contributed by atoms with Gasteiger partial charge in [-0.25, -0.2) is 9.37 Å². The average molecular weight is 408 g/mol. The first-order valence-corrected chi connectivity index (χ1v) is 9.85. The third-order valence-electron chi connectivity index (χ3n) is 5.99. The highest BCUT2D eigenvalue weighted by Gasteiger charge is 2.39. The van der Waals surface area contributed by atoms with Gasteiger partial charge in [0.05, 0.1) is 11.6 Å². The number of hydroxylamine groups is 1. The summed E-state index contributed by atoms with van der Waals surface area (Å²) in [5.41, 5.74) is 8.50. The maximum absolute atomic E-state index is 14.9. The van der Waals surface area contributed by atoms with Gasteiger partial charge in [-0.1, -0.05) is 11.8 Å². The van der Waals surface area contributed by atoms with Crippen molar-refractivity contribution in [3.63, 3.8) is 0 Å². The third kappa shape index (κ3) is 2.90. The van der Waals surface area contributed by atoms with E-state index in [4.69, 9.17) is 10.6 Å². The lowest BCUT2D eigenvalue weighted by Gasteiger charge is -2.34. The molecule has 1 saturated carbocycles. The van der Waals surface area contributed by atoms with E-state index in [2.05, 4.69) is 22.3 Å². The molecular formula is C22H21FN4O3. The molecule has 4 heterocycles. The van der Waals surface area contributed by atoms with Crippen LogP contribution in [-0.4, -0.2) is 32.2 Å². The van der Waals surface area contributed by atoms with Crippen LogP contribution >= 0.6 is 0 Å². The summed E-state index contributed by atoms with van der Waals surface area (Å²) in [5, 5.41) is 10.6. The minimum absolute atomic E-state index is 0.0534. The Labute approximate surface area is 172 Å². The molecule has 1 aliphatic carbocycles. The molecular weight excluding hydrogens is 387 g/mol. The second-order valence-corrected chi connectivity index (χ2v) is 8.32. The van der Waals surface area contributed by atoms with Crippen LogP contribution in [0.4, 0.5) is 4.39 Å². The van der Waals surface area contributed by atoms with Gasteiger partial charge in [0.15, 0.2) is 11.4 Å². The highest BCUT2D eigenvalue weighted by atomic mass is 19.1. The first-order valence-electron chi connectivity index (χ1n) is 9.85. The molecule has 0 radical (unpaired) electrons. The van der Waals surface area contributed by atoms with Gasteiger partial charge >= 0.3 is 0 Å². The molecule has 6 rings (SSSR count). The smallest absolute Gasteiger partial charge is 0.268 e. The van der Waals surface area contributed by atoms with Crippen molar-refractivity contribution in [1.29, 1.82) is 0 Å². The second kappa shape index (κ2) is 6.42. The summed E-state index contributed by atoms with van der Waals surface area (Å²) in [7, 11) is 0. The van der Waals surface area contributed by atoms with Gasteiger partial charge in [-0.15, -0.1) is 0 Å². The van der Waals surface area contributed by atoms with E-state index in [0.29, 0.717) is 5.82 Å². The average Bonchev–Trinajstić information content (AvgIpc) is 3.23. The van der Waals surface area contributed by atoms with E-state index < -0.39 is 17.3 Å². The van der Waals surface area contributed by atoms with Crippen molar-refractivity contribution in [2.24, 2.45) is 5.73 Å². The zero-order valence-electron chi connectivity index (χ0n) is 16.6. The van der Waals surface area contributed by atoms with Gasteiger partial charge in [0.2, 0.25) is 0 Å². The fourth-order valence-corrected chi connectivity index (χ4v) is 4.24. The SMILES string of the molecule is CC1C=C([C@@](C)(O)C#Cc2cc3c(cc2F)C2CC(C2)n2cc(C(N)=O)nc2-3)ON1. The number of benzene rings is 1. The number of rotatable bonds is 2. The highest BCUT2D eigenvalue weighted by molar-refractivity contribution is 5.91. The second-order valence-electron chi connectivity index (χ2n) is 8.32. The first-order chi connectivity index (χ1) is 14.2. The summed E-state index contributed by atoms with van der Waals surface area (Å²) in [6.07, 6.45) is 5.12. The molecule has 2 bridgehead atoms. The molecule has 154 valence electrons. The van der Waals surface area contributed by atoms with Gasteiger partial charge < -0.3 is 20.2 Å². The van der Waals surface area contributed by atoms with Crippen LogP contribution in [0.5, 0.6) is 0 Å². The van der Waals surface area contributed by atoms with Crippen LogP contribution in [0.1, 0.15) is 60.3 Å². The van der Waals surface area contributed by atoms with Crippen LogP contribution in [-0.2, 0) is 4.84 Å². The van der Waals surface area contributed by atoms with Crippen LogP contribution in [0.2, 0.25) is 0 Å². The molecule has 7 nitrogen and oxygen atoms in total. The van der Waals surface area contributed by atoms with E-state index >= 15 is 0 Å². The van der Waals surface area contributed by atoms with Gasteiger partial charge in [0, 0.05) is 17.8 Å². The Balaban J connectivity index is 1.59. The summed E-state index contributed by atoms with van der Waals surface area (Å²) >= 11 is 0. The Bertz CT molecular complexity index is 1170. The minimum Gasteiger partial charge on any atom is -0.409 e. The predicted molar refractivity (Wildman–Crippen MR) is 106 cm³/mol. The largest absolute Gasteiger partial charge is 0.409 e. The maximum Gasteiger partial charge on any atom is 0.268 e. The summed E-state index contributed by atoms with van der Waals surface area (Å²) < 4.78 is 16.8. The van der Waals surface area contributed by atoms with E-state index in [0.717, 1.165) is 24.0 Å². The number of nitrogens with one attached hydrogen (secondary N) is 1. The fraction of sp³-hybridized carbons (Fsp3) is 0.364. The summed E-state index contributed by atoms with van der Waals surface area (Å²) in [6, 6.07) is 3.31. The number of primary amides is 1. The Morgan fingerprint density at radius 3 is 2.90 bits per heavy atom. The standard InChI is InChI=1S/C22H21FN4O3/c1-11-5-19(30-26-11)22(2,29)4-3-12-8-16-15(9-17(12)23)13-6-14(7-13)27-10-18(20(24)28)25-21(16)27/h5,8-11,13-14,26,29H,6-7H2,1-2H3,(H2,24,28)/t11?,13?,14?,22-/m0/s1. The molecule has 3 aliphatic heterocycles. The summed E-state index contributed by atoms with van der Waals surface area (Å²) in [5.74, 6) is 5.52. The van der Waals surface area contributed by atoms with Gasteiger partial charge in [0.1, 0.15) is 17.3 Å². The molecule has 4 aliphatic rings. The Hall–Kier alpha value is -3.15. The number of carbonyl (C=O) groups excluding carboxylic acids is 1. The lowest BCUT2D eigenvalue weighted by Crippen LogP contribution is -2.26. The van der Waals surface area contributed by atoms with Crippen LogP contribution in [0.3, 0.4) is 0 Å². The van der Waals surface area contributed by atoms with Gasteiger partial charge in [-0.05, 0) is 56.4 Å². The quantitative estimate of drug-likeness (QED) is 0.661. The number of aliphatic hydroxyl groups is 1. The van der Waals surface area contributed by atoms with Crippen LogP contribution in [0, 0.1) is 17.7 Å². The van der Waals surface area contributed by atoms with E-state index in [1.807, 2.05) is 11.5 Å². The molecule has 2 atom stereocenters. The van der Waals surface area contributed by atoms with E-state index in [-0.39, 0.29) is 35.0 Å². The fourth-order valence-electron chi connectivity index (χ4n) is 4.24. The van der Waals surface area contributed by atoms with Crippen LogP contribution in [0.15, 0.2) is 30.2 Å². The lowest BCUT2D eigenvalue weighted by atomic mass is 9.75. The zero-order chi connectivity index (χ0) is 21.2. The molecule has 1 fully saturated rings. The van der Waals surface area contributed by atoms with E-state index in [9.17, 15) is 14.3 Å². The van der Waals surface area contributed by atoms with Crippen molar-refractivity contribution < 1.29 is 19.1 Å². The van der Waals surface area contributed by atoms with Crippen molar-refractivity contribution in [3.8, 4) is 23.2 Å². The van der Waals surface area contributed by atoms with Crippen molar-refractivity contribution in [1.82, 2.24) is 15.0 Å². The van der Waals surface area contributed by atoms with Crippen molar-refractivity contribution in [3.05, 3.63) is 52.8 Å². The number of nitrogens with two attached hydrogens (primary N) is 1. The Morgan fingerprint density at radius 2 is 2.23 bits per heavy atom.